The molecule has 0 fully saturated rings. The van der Waals surface area contributed by atoms with Crippen LogP contribution in [0, 0.1) is 0 Å². The van der Waals surface area contributed by atoms with Crippen molar-refractivity contribution in [3.05, 3.63) is 63.2 Å². The molecule has 3 aromatic rings. The van der Waals surface area contributed by atoms with Gasteiger partial charge in [0.25, 0.3) is 12.0 Å². The van der Waals surface area contributed by atoms with E-state index in [4.69, 9.17) is 22.1 Å². The summed E-state index contributed by atoms with van der Waals surface area (Å²) >= 11 is 6.17. The van der Waals surface area contributed by atoms with E-state index in [1.54, 1.807) is 18.2 Å². The molecule has 0 saturated heterocycles. The highest BCUT2D eigenvalue weighted by atomic mass is 35.5. The normalized spacial score (nSPS) is 11.3. The van der Waals surface area contributed by atoms with Crippen LogP contribution in [-0.2, 0) is 6.42 Å². The molecule has 8 heteroatoms. The molecule has 136 valence electrons. The summed E-state index contributed by atoms with van der Waals surface area (Å²) < 4.78 is 32.8. The second-order valence-electron chi connectivity index (χ2n) is 5.61. The van der Waals surface area contributed by atoms with E-state index in [2.05, 4.69) is 4.98 Å². The van der Waals surface area contributed by atoms with Gasteiger partial charge in [0.1, 0.15) is 11.6 Å². The summed E-state index contributed by atoms with van der Waals surface area (Å²) in [5.74, 6) is 0.573. The Morgan fingerprint density at radius 3 is 2.73 bits per heavy atom. The average Bonchev–Trinajstić information content (AvgIpc) is 2.61. The standard InChI is InChI=1S/C18H16ClF2N3O2/c1-26-12-8-10(17(20)21)7-11(9-12)24-15(5-6-22)23-14-4-2-3-13(19)16(14)18(24)25/h2-4,7-9,17H,5-6,22H2,1H3. The van der Waals surface area contributed by atoms with E-state index < -0.39 is 12.0 Å². The number of nitrogens with zero attached hydrogens (tertiary/aromatic N) is 2. The van der Waals surface area contributed by atoms with Crippen molar-refractivity contribution in [3.8, 4) is 11.4 Å². The maximum Gasteiger partial charge on any atom is 0.267 e. The van der Waals surface area contributed by atoms with Gasteiger partial charge in [0.15, 0.2) is 0 Å². The molecule has 1 aromatic heterocycles. The van der Waals surface area contributed by atoms with Gasteiger partial charge in [0, 0.05) is 18.1 Å². The van der Waals surface area contributed by atoms with Gasteiger partial charge in [-0.05, 0) is 30.8 Å². The highest BCUT2D eigenvalue weighted by molar-refractivity contribution is 6.35. The van der Waals surface area contributed by atoms with Gasteiger partial charge in [-0.3, -0.25) is 9.36 Å². The highest BCUT2D eigenvalue weighted by Gasteiger charge is 2.17. The molecule has 0 aliphatic rings. The zero-order valence-corrected chi connectivity index (χ0v) is 14.6. The summed E-state index contributed by atoms with van der Waals surface area (Å²) in [4.78, 5) is 17.6. The third-order valence-corrected chi connectivity index (χ3v) is 4.26. The van der Waals surface area contributed by atoms with Crippen molar-refractivity contribution >= 4 is 22.5 Å². The van der Waals surface area contributed by atoms with Gasteiger partial charge in [-0.15, -0.1) is 0 Å². The number of halogens is 3. The van der Waals surface area contributed by atoms with Crippen LogP contribution in [0.15, 0.2) is 41.2 Å². The lowest BCUT2D eigenvalue weighted by atomic mass is 10.1. The predicted octanol–water partition coefficient (Wildman–Crippen LogP) is 3.49. The molecular formula is C18H16ClF2N3O2. The molecule has 0 spiro atoms. The van der Waals surface area contributed by atoms with Crippen LogP contribution in [0.4, 0.5) is 8.78 Å². The lowest BCUT2D eigenvalue weighted by molar-refractivity contribution is 0.151. The van der Waals surface area contributed by atoms with E-state index in [1.165, 1.54) is 29.9 Å². The van der Waals surface area contributed by atoms with Crippen LogP contribution in [0.3, 0.4) is 0 Å². The predicted molar refractivity (Wildman–Crippen MR) is 96.6 cm³/mol. The summed E-state index contributed by atoms with van der Waals surface area (Å²) in [6.07, 6.45) is -2.42. The smallest absolute Gasteiger partial charge is 0.267 e. The first kappa shape index (κ1) is 18.3. The third kappa shape index (κ3) is 3.27. The number of rotatable bonds is 5. The molecule has 3 rings (SSSR count). The second-order valence-corrected chi connectivity index (χ2v) is 6.01. The van der Waals surface area contributed by atoms with E-state index in [9.17, 15) is 13.6 Å². The van der Waals surface area contributed by atoms with Gasteiger partial charge in [-0.1, -0.05) is 17.7 Å². The number of fused-ring (bicyclic) bond motifs is 1. The summed E-state index contributed by atoms with van der Waals surface area (Å²) in [5.41, 5.74) is 5.59. The Morgan fingerprint density at radius 2 is 2.08 bits per heavy atom. The van der Waals surface area contributed by atoms with Crippen molar-refractivity contribution in [1.29, 1.82) is 0 Å². The Hall–Kier alpha value is -2.51. The Labute approximate surface area is 153 Å². The highest BCUT2D eigenvalue weighted by Crippen LogP contribution is 2.28. The molecule has 0 bridgehead atoms. The zero-order chi connectivity index (χ0) is 18.8. The number of hydrogen-bond donors (Lipinski definition) is 1. The van der Waals surface area contributed by atoms with E-state index in [-0.39, 0.29) is 34.0 Å². The minimum Gasteiger partial charge on any atom is -0.497 e. The fourth-order valence-corrected chi connectivity index (χ4v) is 3.03. The number of hydrogen-bond acceptors (Lipinski definition) is 4. The van der Waals surface area contributed by atoms with E-state index in [0.717, 1.165) is 0 Å². The number of benzene rings is 2. The molecule has 5 nitrogen and oxygen atoms in total. The van der Waals surface area contributed by atoms with Crippen LogP contribution in [0.2, 0.25) is 5.02 Å². The minimum absolute atomic E-state index is 0.211. The van der Waals surface area contributed by atoms with Crippen molar-refractivity contribution in [2.75, 3.05) is 13.7 Å². The number of aromatic nitrogens is 2. The monoisotopic (exact) mass is 379 g/mol. The van der Waals surface area contributed by atoms with Gasteiger partial charge >= 0.3 is 0 Å². The lowest BCUT2D eigenvalue weighted by Gasteiger charge is -2.16. The first-order valence-electron chi connectivity index (χ1n) is 7.84. The molecule has 0 aliphatic heterocycles. The van der Waals surface area contributed by atoms with E-state index in [1.807, 2.05) is 0 Å². The van der Waals surface area contributed by atoms with Crippen molar-refractivity contribution in [1.82, 2.24) is 9.55 Å². The van der Waals surface area contributed by atoms with Crippen molar-refractivity contribution in [2.24, 2.45) is 5.73 Å². The Balaban J connectivity index is 2.38. The third-order valence-electron chi connectivity index (χ3n) is 3.94. The van der Waals surface area contributed by atoms with Crippen LogP contribution in [0.25, 0.3) is 16.6 Å². The Morgan fingerprint density at radius 1 is 1.31 bits per heavy atom. The van der Waals surface area contributed by atoms with Crippen LogP contribution < -0.4 is 16.0 Å². The number of ether oxygens (including phenoxy) is 1. The topological polar surface area (TPSA) is 70.1 Å². The molecule has 0 aliphatic carbocycles. The molecule has 0 radical (unpaired) electrons. The maximum absolute atomic E-state index is 13.2. The van der Waals surface area contributed by atoms with Crippen molar-refractivity contribution in [3.63, 3.8) is 0 Å². The van der Waals surface area contributed by atoms with E-state index in [0.29, 0.717) is 17.8 Å². The molecule has 0 amide bonds. The molecule has 0 unspecified atom stereocenters. The van der Waals surface area contributed by atoms with Gasteiger partial charge in [0.2, 0.25) is 0 Å². The quantitative estimate of drug-likeness (QED) is 0.736. The Bertz CT molecular complexity index is 1020. The van der Waals surface area contributed by atoms with Crippen LogP contribution >= 0.6 is 11.6 Å². The van der Waals surface area contributed by atoms with Gasteiger partial charge in [0.05, 0.1) is 28.7 Å². The largest absolute Gasteiger partial charge is 0.497 e. The first-order chi connectivity index (χ1) is 12.5. The molecule has 2 aromatic carbocycles. The summed E-state index contributed by atoms with van der Waals surface area (Å²) in [5, 5.41) is 0.460. The van der Waals surface area contributed by atoms with Crippen molar-refractivity contribution in [2.45, 2.75) is 12.8 Å². The molecule has 2 N–H and O–H groups in total. The molecule has 0 atom stereocenters. The van der Waals surface area contributed by atoms with Crippen LogP contribution in [0.1, 0.15) is 17.8 Å². The fraction of sp³-hybridized carbons (Fsp3) is 0.222. The van der Waals surface area contributed by atoms with E-state index >= 15 is 0 Å². The summed E-state index contributed by atoms with van der Waals surface area (Å²) in [6, 6.07) is 8.90. The maximum atomic E-state index is 13.2. The molecule has 26 heavy (non-hydrogen) atoms. The summed E-state index contributed by atoms with van der Waals surface area (Å²) in [6.45, 7) is 0.240. The second kappa shape index (κ2) is 7.39. The van der Waals surface area contributed by atoms with Crippen molar-refractivity contribution < 1.29 is 13.5 Å². The molecule has 0 saturated carbocycles. The molecule has 1 heterocycles. The molecular weight excluding hydrogens is 364 g/mol. The van der Waals surface area contributed by atoms with Gasteiger partial charge < -0.3 is 10.5 Å². The first-order valence-corrected chi connectivity index (χ1v) is 8.21. The zero-order valence-electron chi connectivity index (χ0n) is 13.9. The SMILES string of the molecule is COc1cc(C(F)F)cc(-n2c(CCN)nc3cccc(Cl)c3c2=O)c1. The van der Waals surface area contributed by atoms with Crippen LogP contribution in [-0.4, -0.2) is 23.2 Å². The number of methoxy groups -OCH3 is 1. The van der Waals surface area contributed by atoms with Crippen LogP contribution in [0.5, 0.6) is 5.75 Å². The number of alkyl halides is 2. The minimum atomic E-state index is -2.71. The fourth-order valence-electron chi connectivity index (χ4n) is 2.78. The lowest BCUT2D eigenvalue weighted by Crippen LogP contribution is -2.26. The van der Waals surface area contributed by atoms with Gasteiger partial charge in [-0.25, -0.2) is 13.8 Å². The summed E-state index contributed by atoms with van der Waals surface area (Å²) in [7, 11) is 1.37. The average molecular weight is 380 g/mol. The Kier molecular flexibility index (Phi) is 5.20. The van der Waals surface area contributed by atoms with Gasteiger partial charge in [-0.2, -0.15) is 0 Å². The number of nitrogens with two attached hydrogens (primary N) is 1.